The zero-order chi connectivity index (χ0) is 18.0. The SMILES string of the molecule is Cc1cc2oc(=O)ccc2c2c1[nH]c(=O)c1c3ccccc3c(=O)oc12. The molecule has 26 heavy (non-hydrogen) atoms. The van der Waals surface area contributed by atoms with Gasteiger partial charge < -0.3 is 13.8 Å². The molecular weight excluding hydrogens is 334 g/mol. The number of rotatable bonds is 0. The Morgan fingerprint density at radius 2 is 1.62 bits per heavy atom. The first-order valence-corrected chi connectivity index (χ1v) is 7.99. The maximum absolute atomic E-state index is 12.8. The van der Waals surface area contributed by atoms with Gasteiger partial charge in [-0.3, -0.25) is 4.79 Å². The number of nitrogens with one attached hydrogen (secondary N) is 1. The quantitative estimate of drug-likeness (QED) is 0.344. The normalized spacial score (nSPS) is 11.7. The summed E-state index contributed by atoms with van der Waals surface area (Å²) in [5.74, 6) is 0. The van der Waals surface area contributed by atoms with Crippen LogP contribution in [-0.2, 0) is 0 Å². The largest absolute Gasteiger partial charge is 0.423 e. The molecule has 6 heteroatoms. The molecule has 2 aromatic carbocycles. The molecule has 126 valence electrons. The van der Waals surface area contributed by atoms with Crippen molar-refractivity contribution in [3.63, 3.8) is 0 Å². The molecule has 0 aliphatic carbocycles. The molecule has 0 radical (unpaired) electrons. The Hall–Kier alpha value is -3.67. The van der Waals surface area contributed by atoms with Crippen LogP contribution in [0.1, 0.15) is 5.56 Å². The van der Waals surface area contributed by atoms with Crippen LogP contribution < -0.4 is 16.8 Å². The van der Waals surface area contributed by atoms with Gasteiger partial charge in [0.2, 0.25) is 0 Å². The summed E-state index contributed by atoms with van der Waals surface area (Å²) in [6, 6.07) is 11.4. The standard InChI is InChI=1S/C20H11NO5/c1-9-8-13-12(6-7-14(22)25-13)15-17(9)21-19(23)16-10-4-2-3-5-11(10)20(24)26-18(15)16/h2-8H,1H3,(H,21,23). The van der Waals surface area contributed by atoms with Gasteiger partial charge in [-0.2, -0.15) is 0 Å². The molecule has 0 fully saturated rings. The fraction of sp³-hybridized carbons (Fsp3) is 0.0500. The van der Waals surface area contributed by atoms with Gasteiger partial charge in [0.15, 0.2) is 5.58 Å². The highest BCUT2D eigenvalue weighted by atomic mass is 16.4. The Morgan fingerprint density at radius 3 is 2.42 bits per heavy atom. The molecule has 1 N–H and O–H groups in total. The lowest BCUT2D eigenvalue weighted by Gasteiger charge is -2.09. The predicted octanol–water partition coefficient (Wildman–Crippen LogP) is 3.20. The van der Waals surface area contributed by atoms with Crippen molar-refractivity contribution >= 4 is 43.6 Å². The van der Waals surface area contributed by atoms with E-state index in [-0.39, 0.29) is 11.1 Å². The fourth-order valence-electron chi connectivity index (χ4n) is 3.52. The van der Waals surface area contributed by atoms with Gasteiger partial charge in [-0.15, -0.1) is 0 Å². The van der Waals surface area contributed by atoms with Crippen LogP contribution in [-0.4, -0.2) is 4.98 Å². The van der Waals surface area contributed by atoms with E-state index >= 15 is 0 Å². The smallest absolute Gasteiger partial charge is 0.344 e. The fourth-order valence-corrected chi connectivity index (χ4v) is 3.52. The van der Waals surface area contributed by atoms with Crippen LogP contribution in [0, 0.1) is 6.92 Å². The monoisotopic (exact) mass is 345 g/mol. The zero-order valence-electron chi connectivity index (χ0n) is 13.6. The molecule has 0 unspecified atom stereocenters. The van der Waals surface area contributed by atoms with Crippen molar-refractivity contribution in [2.24, 2.45) is 0 Å². The average Bonchev–Trinajstić information content (AvgIpc) is 2.62. The van der Waals surface area contributed by atoms with Crippen molar-refractivity contribution in [2.45, 2.75) is 6.92 Å². The minimum absolute atomic E-state index is 0.190. The van der Waals surface area contributed by atoms with Crippen molar-refractivity contribution in [1.29, 1.82) is 0 Å². The Balaban J connectivity index is 2.22. The summed E-state index contributed by atoms with van der Waals surface area (Å²) < 4.78 is 10.8. The first kappa shape index (κ1) is 14.7. The van der Waals surface area contributed by atoms with E-state index < -0.39 is 11.3 Å². The Labute approximate surface area is 144 Å². The van der Waals surface area contributed by atoms with Crippen molar-refractivity contribution in [3.05, 3.63) is 79.2 Å². The highest BCUT2D eigenvalue weighted by Gasteiger charge is 2.17. The third-order valence-corrected chi connectivity index (χ3v) is 4.65. The van der Waals surface area contributed by atoms with Gasteiger partial charge in [0.05, 0.1) is 21.7 Å². The summed E-state index contributed by atoms with van der Waals surface area (Å²) in [4.78, 5) is 39.7. The summed E-state index contributed by atoms with van der Waals surface area (Å²) in [5.41, 5.74) is 0.469. The lowest BCUT2D eigenvalue weighted by Crippen LogP contribution is -2.11. The van der Waals surface area contributed by atoms with Crippen LogP contribution in [0.2, 0.25) is 0 Å². The average molecular weight is 345 g/mol. The second-order valence-corrected chi connectivity index (χ2v) is 6.20. The molecule has 3 aromatic heterocycles. The van der Waals surface area contributed by atoms with Gasteiger partial charge in [0, 0.05) is 16.8 Å². The Morgan fingerprint density at radius 1 is 0.846 bits per heavy atom. The molecule has 0 saturated heterocycles. The van der Waals surface area contributed by atoms with Gasteiger partial charge in [-0.25, -0.2) is 9.59 Å². The van der Waals surface area contributed by atoms with Gasteiger partial charge >= 0.3 is 11.3 Å². The molecule has 3 heterocycles. The van der Waals surface area contributed by atoms with Gasteiger partial charge in [0.25, 0.3) is 5.56 Å². The number of H-pyrrole nitrogens is 1. The van der Waals surface area contributed by atoms with Crippen LogP contribution in [0.3, 0.4) is 0 Å². The lowest BCUT2D eigenvalue weighted by atomic mass is 10.0. The van der Waals surface area contributed by atoms with Crippen LogP contribution >= 0.6 is 0 Å². The van der Waals surface area contributed by atoms with Gasteiger partial charge in [-0.05, 0) is 30.7 Å². The molecule has 5 aromatic rings. The van der Waals surface area contributed by atoms with Crippen LogP contribution in [0.5, 0.6) is 0 Å². The van der Waals surface area contributed by atoms with Crippen LogP contribution in [0.15, 0.2) is 65.7 Å². The number of hydrogen-bond donors (Lipinski definition) is 1. The van der Waals surface area contributed by atoms with Crippen molar-refractivity contribution in [1.82, 2.24) is 4.98 Å². The number of hydrogen-bond acceptors (Lipinski definition) is 5. The topological polar surface area (TPSA) is 93.3 Å². The first-order chi connectivity index (χ1) is 12.5. The third-order valence-electron chi connectivity index (χ3n) is 4.65. The molecule has 0 aliphatic heterocycles. The molecule has 0 saturated carbocycles. The molecule has 0 amide bonds. The van der Waals surface area contributed by atoms with E-state index in [2.05, 4.69) is 4.98 Å². The van der Waals surface area contributed by atoms with E-state index in [0.717, 1.165) is 0 Å². The van der Waals surface area contributed by atoms with Crippen molar-refractivity contribution in [3.8, 4) is 0 Å². The summed E-state index contributed by atoms with van der Waals surface area (Å²) in [6.45, 7) is 1.79. The number of aromatic amines is 1. The van der Waals surface area contributed by atoms with Gasteiger partial charge in [0.1, 0.15) is 5.58 Å². The number of pyridine rings is 1. The maximum Gasteiger partial charge on any atom is 0.344 e. The molecule has 0 spiro atoms. The number of benzene rings is 2. The number of aromatic nitrogens is 1. The van der Waals surface area contributed by atoms with E-state index in [1.165, 1.54) is 6.07 Å². The van der Waals surface area contributed by atoms with E-state index in [0.29, 0.717) is 43.6 Å². The second kappa shape index (κ2) is 4.92. The summed E-state index contributed by atoms with van der Waals surface area (Å²) in [7, 11) is 0. The Bertz CT molecular complexity index is 1550. The minimum Gasteiger partial charge on any atom is -0.423 e. The van der Waals surface area contributed by atoms with Crippen molar-refractivity contribution in [2.75, 3.05) is 0 Å². The molecule has 0 bridgehead atoms. The molecule has 5 rings (SSSR count). The van der Waals surface area contributed by atoms with E-state index in [9.17, 15) is 14.4 Å². The van der Waals surface area contributed by atoms with Crippen LogP contribution in [0.4, 0.5) is 0 Å². The zero-order valence-corrected chi connectivity index (χ0v) is 13.6. The molecule has 0 atom stereocenters. The molecule has 0 aliphatic rings. The summed E-state index contributed by atoms with van der Waals surface area (Å²) in [5, 5.41) is 2.29. The second-order valence-electron chi connectivity index (χ2n) is 6.20. The molecule has 6 nitrogen and oxygen atoms in total. The number of aryl methyl sites for hydroxylation is 1. The van der Waals surface area contributed by atoms with Crippen molar-refractivity contribution < 1.29 is 8.83 Å². The lowest BCUT2D eigenvalue weighted by molar-refractivity contribution is 0.560. The molecular formula is C20H11NO5. The predicted molar refractivity (Wildman–Crippen MR) is 98.9 cm³/mol. The maximum atomic E-state index is 12.8. The highest BCUT2D eigenvalue weighted by Crippen LogP contribution is 2.32. The van der Waals surface area contributed by atoms with E-state index in [1.54, 1.807) is 43.3 Å². The van der Waals surface area contributed by atoms with E-state index in [4.69, 9.17) is 8.83 Å². The third kappa shape index (κ3) is 1.84. The Kier molecular flexibility index (Phi) is 2.77. The van der Waals surface area contributed by atoms with E-state index in [1.807, 2.05) is 0 Å². The summed E-state index contributed by atoms with van der Waals surface area (Å²) >= 11 is 0. The van der Waals surface area contributed by atoms with Gasteiger partial charge in [-0.1, -0.05) is 18.2 Å². The minimum atomic E-state index is -0.521. The first-order valence-electron chi connectivity index (χ1n) is 7.99. The highest BCUT2D eigenvalue weighted by molar-refractivity contribution is 6.20. The summed E-state index contributed by atoms with van der Waals surface area (Å²) in [6.07, 6.45) is 0. The van der Waals surface area contributed by atoms with Crippen LogP contribution in [0.25, 0.3) is 43.6 Å². The number of fused-ring (bicyclic) bond motifs is 7.